The van der Waals surface area contributed by atoms with Crippen LogP contribution in [0.25, 0.3) is 11.4 Å². The Labute approximate surface area is 159 Å². The fourth-order valence-electron chi connectivity index (χ4n) is 2.40. The van der Waals surface area contributed by atoms with E-state index >= 15 is 0 Å². The van der Waals surface area contributed by atoms with E-state index in [9.17, 15) is 14.4 Å². The highest BCUT2D eigenvalue weighted by molar-refractivity contribution is 5.94. The topological polar surface area (TPSA) is 126 Å². The fourth-order valence-corrected chi connectivity index (χ4v) is 2.40. The van der Waals surface area contributed by atoms with Crippen molar-refractivity contribution in [1.82, 2.24) is 14.7 Å². The first-order valence-electron chi connectivity index (χ1n) is 8.20. The summed E-state index contributed by atoms with van der Waals surface area (Å²) in [5.41, 5.74) is 5.46. The Kier molecular flexibility index (Phi) is 5.45. The number of benzene rings is 1. The minimum Gasteiger partial charge on any atom is -0.457 e. The lowest BCUT2D eigenvalue weighted by Gasteiger charge is -2.13. The van der Waals surface area contributed by atoms with E-state index in [1.54, 1.807) is 36.4 Å². The van der Waals surface area contributed by atoms with Gasteiger partial charge in [-0.05, 0) is 17.7 Å². The maximum atomic E-state index is 12.8. The van der Waals surface area contributed by atoms with Crippen molar-refractivity contribution >= 4 is 17.8 Å². The molecule has 0 atom stereocenters. The molecule has 9 nitrogen and oxygen atoms in total. The number of anilines is 1. The first-order chi connectivity index (χ1) is 13.5. The number of rotatable bonds is 5. The number of nitrogen functional groups attached to an aromatic ring is 1. The number of carbonyl (C=O) groups is 2. The van der Waals surface area contributed by atoms with Crippen LogP contribution >= 0.6 is 0 Å². The minimum atomic E-state index is -0.975. The van der Waals surface area contributed by atoms with Crippen molar-refractivity contribution in [3.8, 4) is 11.4 Å². The molecule has 9 heteroatoms. The number of hydrogen-bond donors (Lipinski definition) is 1. The van der Waals surface area contributed by atoms with E-state index in [0.29, 0.717) is 10.3 Å². The zero-order valence-corrected chi connectivity index (χ0v) is 14.9. The van der Waals surface area contributed by atoms with Crippen LogP contribution in [0.15, 0.2) is 59.7 Å². The van der Waals surface area contributed by atoms with E-state index in [4.69, 9.17) is 15.3 Å². The van der Waals surface area contributed by atoms with Gasteiger partial charge in [0.25, 0.3) is 0 Å². The Bertz CT molecular complexity index is 1060. The molecule has 0 radical (unpaired) electrons. The second-order valence-corrected chi connectivity index (χ2v) is 5.68. The zero-order valence-electron chi connectivity index (χ0n) is 14.9. The van der Waals surface area contributed by atoms with Gasteiger partial charge in [0.15, 0.2) is 11.4 Å². The molecule has 142 valence electrons. The summed E-state index contributed by atoms with van der Waals surface area (Å²) < 4.78 is 5.76. The van der Waals surface area contributed by atoms with Gasteiger partial charge in [-0.25, -0.2) is 14.6 Å². The Morgan fingerprint density at radius 3 is 2.54 bits per heavy atom. The average Bonchev–Trinajstić information content (AvgIpc) is 2.69. The van der Waals surface area contributed by atoms with Gasteiger partial charge in [0.05, 0.1) is 0 Å². The molecule has 2 heterocycles. The molecule has 3 aromatic rings. The van der Waals surface area contributed by atoms with E-state index in [1.165, 1.54) is 12.4 Å². The summed E-state index contributed by atoms with van der Waals surface area (Å²) in [6.45, 7) is 1.06. The van der Waals surface area contributed by atoms with Gasteiger partial charge in [0.1, 0.15) is 12.4 Å². The summed E-state index contributed by atoms with van der Waals surface area (Å²) in [5, 5.41) is 0. The third kappa shape index (κ3) is 4.04. The Balaban J connectivity index is 2.01. The first kappa shape index (κ1) is 18.8. The molecule has 0 spiro atoms. The summed E-state index contributed by atoms with van der Waals surface area (Å²) in [4.78, 5) is 49.6. The SMILES string of the molecule is CC(=O)On1c(-c2cccnc2)nc(N)c(C(=O)OCc2ccccc2)c1=O. The molecule has 2 N–H and O–H groups in total. The van der Waals surface area contributed by atoms with Crippen LogP contribution < -0.4 is 16.1 Å². The summed E-state index contributed by atoms with van der Waals surface area (Å²) in [6.07, 6.45) is 2.94. The predicted octanol–water partition coefficient (Wildman–Crippen LogP) is 1.22. The smallest absolute Gasteiger partial charge is 0.348 e. The fraction of sp³-hybridized carbons (Fsp3) is 0.105. The molecule has 0 aliphatic rings. The number of nitrogens with two attached hydrogens (primary N) is 1. The average molecular weight is 380 g/mol. The van der Waals surface area contributed by atoms with Gasteiger partial charge in [-0.2, -0.15) is 0 Å². The van der Waals surface area contributed by atoms with Gasteiger partial charge in [0, 0.05) is 24.9 Å². The lowest BCUT2D eigenvalue weighted by Crippen LogP contribution is -2.36. The monoisotopic (exact) mass is 380 g/mol. The highest BCUT2D eigenvalue weighted by atomic mass is 16.7. The molecular formula is C19H16N4O5. The van der Waals surface area contributed by atoms with Crippen LogP contribution in [0.2, 0.25) is 0 Å². The Morgan fingerprint density at radius 1 is 1.14 bits per heavy atom. The number of hydrogen-bond acceptors (Lipinski definition) is 8. The number of ether oxygens (including phenoxy) is 1. The lowest BCUT2D eigenvalue weighted by molar-refractivity contribution is -0.141. The molecule has 3 rings (SSSR count). The maximum Gasteiger partial charge on any atom is 0.348 e. The van der Waals surface area contributed by atoms with Gasteiger partial charge in [-0.15, -0.1) is 4.73 Å². The number of nitrogens with zero attached hydrogens (tertiary/aromatic N) is 3. The van der Waals surface area contributed by atoms with Crippen LogP contribution in [-0.4, -0.2) is 26.6 Å². The number of pyridine rings is 1. The highest BCUT2D eigenvalue weighted by Gasteiger charge is 2.24. The molecule has 1 aromatic carbocycles. The molecule has 0 bridgehead atoms. The molecule has 0 unspecified atom stereocenters. The van der Waals surface area contributed by atoms with Crippen molar-refractivity contribution in [2.75, 3.05) is 5.73 Å². The lowest BCUT2D eigenvalue weighted by atomic mass is 10.2. The molecular weight excluding hydrogens is 364 g/mol. The van der Waals surface area contributed by atoms with E-state index in [-0.39, 0.29) is 18.2 Å². The van der Waals surface area contributed by atoms with E-state index < -0.39 is 23.1 Å². The third-order valence-corrected chi connectivity index (χ3v) is 3.63. The Morgan fingerprint density at radius 2 is 1.89 bits per heavy atom. The summed E-state index contributed by atoms with van der Waals surface area (Å²) in [7, 11) is 0. The predicted molar refractivity (Wildman–Crippen MR) is 99.0 cm³/mol. The largest absolute Gasteiger partial charge is 0.457 e. The van der Waals surface area contributed by atoms with Gasteiger partial charge in [0.2, 0.25) is 0 Å². The quantitative estimate of drug-likeness (QED) is 0.655. The van der Waals surface area contributed by atoms with Crippen LogP contribution in [0.3, 0.4) is 0 Å². The van der Waals surface area contributed by atoms with Crippen molar-refractivity contribution in [1.29, 1.82) is 0 Å². The number of aromatic nitrogens is 3. The number of carbonyl (C=O) groups excluding carboxylic acids is 2. The van der Waals surface area contributed by atoms with Gasteiger partial charge in [-0.1, -0.05) is 30.3 Å². The normalized spacial score (nSPS) is 10.3. The molecule has 0 aliphatic carbocycles. The molecule has 0 fully saturated rings. The third-order valence-electron chi connectivity index (χ3n) is 3.63. The first-order valence-corrected chi connectivity index (χ1v) is 8.20. The summed E-state index contributed by atoms with van der Waals surface area (Å²) in [6, 6.07) is 12.1. The van der Waals surface area contributed by atoms with E-state index in [2.05, 4.69) is 9.97 Å². The summed E-state index contributed by atoms with van der Waals surface area (Å²) in [5.74, 6) is -2.16. The Hall–Kier alpha value is -4.01. The van der Waals surface area contributed by atoms with Gasteiger partial charge < -0.3 is 15.3 Å². The van der Waals surface area contributed by atoms with Crippen molar-refractivity contribution in [2.45, 2.75) is 13.5 Å². The molecule has 28 heavy (non-hydrogen) atoms. The minimum absolute atomic E-state index is 0.0591. The molecule has 0 saturated heterocycles. The second-order valence-electron chi connectivity index (χ2n) is 5.68. The van der Waals surface area contributed by atoms with Crippen LogP contribution in [0, 0.1) is 0 Å². The van der Waals surface area contributed by atoms with E-state index in [0.717, 1.165) is 12.5 Å². The summed E-state index contributed by atoms with van der Waals surface area (Å²) >= 11 is 0. The van der Waals surface area contributed by atoms with Crippen LogP contribution in [0.1, 0.15) is 22.8 Å². The molecule has 0 saturated carbocycles. The highest BCUT2D eigenvalue weighted by Crippen LogP contribution is 2.17. The zero-order chi connectivity index (χ0) is 20.1. The van der Waals surface area contributed by atoms with Crippen molar-refractivity contribution in [2.24, 2.45) is 0 Å². The van der Waals surface area contributed by atoms with Crippen molar-refractivity contribution < 1.29 is 19.2 Å². The molecule has 0 amide bonds. The second kappa shape index (κ2) is 8.12. The van der Waals surface area contributed by atoms with Crippen molar-refractivity contribution in [3.05, 3.63) is 76.3 Å². The molecule has 0 aliphatic heterocycles. The van der Waals surface area contributed by atoms with Crippen LogP contribution in [0.5, 0.6) is 0 Å². The molecule has 2 aromatic heterocycles. The number of esters is 1. The maximum absolute atomic E-state index is 12.8. The van der Waals surface area contributed by atoms with Gasteiger partial charge >= 0.3 is 17.5 Å². The standard InChI is InChI=1S/C19H16N4O5/c1-12(24)28-23-17(14-8-5-9-21-10-14)22-16(20)15(18(23)25)19(26)27-11-13-6-3-2-4-7-13/h2-10H,11,20H2,1H3. The van der Waals surface area contributed by atoms with E-state index in [1.807, 2.05) is 6.07 Å². The van der Waals surface area contributed by atoms with Crippen molar-refractivity contribution in [3.63, 3.8) is 0 Å². The van der Waals surface area contributed by atoms with Gasteiger partial charge in [-0.3, -0.25) is 9.78 Å². The van der Waals surface area contributed by atoms with Crippen LogP contribution in [0.4, 0.5) is 5.82 Å². The van der Waals surface area contributed by atoms with Crippen LogP contribution in [-0.2, 0) is 16.1 Å².